The van der Waals surface area contributed by atoms with E-state index in [1.807, 2.05) is 48.7 Å². The Morgan fingerprint density at radius 3 is 2.50 bits per heavy atom. The molecule has 0 unspecified atom stereocenters. The van der Waals surface area contributed by atoms with Gasteiger partial charge in [-0.05, 0) is 42.8 Å². The van der Waals surface area contributed by atoms with Crippen molar-refractivity contribution in [2.45, 2.75) is 6.92 Å². The van der Waals surface area contributed by atoms with E-state index in [1.54, 1.807) is 0 Å². The van der Waals surface area contributed by atoms with Gasteiger partial charge < -0.3 is 5.73 Å². The topological polar surface area (TPSA) is 51.3 Å². The Labute approximate surface area is 140 Å². The zero-order valence-electron chi connectivity index (χ0n) is 13.4. The van der Waals surface area contributed by atoms with Crippen molar-refractivity contribution in [3.63, 3.8) is 0 Å². The molecule has 3 heteroatoms. The summed E-state index contributed by atoms with van der Waals surface area (Å²) in [5, 5.41) is 2.19. The minimum Gasteiger partial charge on any atom is -0.399 e. The molecule has 0 saturated carbocycles. The fourth-order valence-electron chi connectivity index (χ4n) is 2.81. The van der Waals surface area contributed by atoms with E-state index in [0.717, 1.165) is 38.7 Å². The van der Waals surface area contributed by atoms with Gasteiger partial charge in [0.1, 0.15) is 0 Å². The van der Waals surface area contributed by atoms with Crippen LogP contribution in [0, 0.1) is 6.92 Å². The second-order valence-electron chi connectivity index (χ2n) is 5.99. The number of benzene rings is 3. The van der Waals surface area contributed by atoms with E-state index in [2.05, 4.69) is 36.2 Å². The molecule has 24 heavy (non-hydrogen) atoms. The number of aromatic nitrogens is 1. The Morgan fingerprint density at radius 1 is 0.875 bits per heavy atom. The highest BCUT2D eigenvalue weighted by Crippen LogP contribution is 2.25. The molecule has 0 aliphatic heterocycles. The molecule has 1 heterocycles. The number of rotatable bonds is 2. The van der Waals surface area contributed by atoms with Crippen LogP contribution < -0.4 is 5.73 Å². The number of fused-ring (bicyclic) bond motifs is 2. The molecule has 0 radical (unpaired) electrons. The summed E-state index contributed by atoms with van der Waals surface area (Å²) in [6.45, 7) is 2.08. The lowest BCUT2D eigenvalue weighted by Crippen LogP contribution is -1.87. The number of aliphatic imine (C=N–C) groups is 1. The number of hydrogen-bond acceptors (Lipinski definition) is 3. The summed E-state index contributed by atoms with van der Waals surface area (Å²) in [4.78, 5) is 9.29. The molecule has 116 valence electrons. The van der Waals surface area contributed by atoms with Crippen molar-refractivity contribution in [3.05, 3.63) is 77.9 Å². The second kappa shape index (κ2) is 5.78. The SMILES string of the molecule is Cc1cccc(C=Nc2ccc3cc4ccc(N)cc4nc3c2)c1. The van der Waals surface area contributed by atoms with Gasteiger partial charge in [-0.25, -0.2) is 4.98 Å². The lowest BCUT2D eigenvalue weighted by molar-refractivity contribution is 1.45. The van der Waals surface area contributed by atoms with E-state index in [4.69, 9.17) is 10.7 Å². The van der Waals surface area contributed by atoms with Crippen LogP contribution in [0.5, 0.6) is 0 Å². The van der Waals surface area contributed by atoms with E-state index in [9.17, 15) is 0 Å². The van der Waals surface area contributed by atoms with E-state index < -0.39 is 0 Å². The first kappa shape index (κ1) is 14.4. The first-order valence-electron chi connectivity index (χ1n) is 7.88. The van der Waals surface area contributed by atoms with Gasteiger partial charge in [-0.1, -0.05) is 42.0 Å². The van der Waals surface area contributed by atoms with Gasteiger partial charge in [0.15, 0.2) is 0 Å². The molecule has 2 N–H and O–H groups in total. The van der Waals surface area contributed by atoms with Crippen molar-refractivity contribution < 1.29 is 0 Å². The van der Waals surface area contributed by atoms with Crippen LogP contribution in [-0.2, 0) is 0 Å². The molecule has 0 bridgehead atoms. The molecule has 0 aliphatic carbocycles. The third kappa shape index (κ3) is 2.84. The van der Waals surface area contributed by atoms with Gasteiger partial charge in [-0.2, -0.15) is 0 Å². The van der Waals surface area contributed by atoms with Crippen LogP contribution in [0.1, 0.15) is 11.1 Å². The molecule has 3 aromatic carbocycles. The Hall–Kier alpha value is -3.20. The summed E-state index contributed by atoms with van der Waals surface area (Å²) < 4.78 is 0. The predicted octanol–water partition coefficient (Wildman–Crippen LogP) is 5.03. The molecule has 4 rings (SSSR count). The van der Waals surface area contributed by atoms with E-state index in [1.165, 1.54) is 5.56 Å². The molecular weight excluding hydrogens is 294 g/mol. The summed E-state index contributed by atoms with van der Waals surface area (Å²) in [6, 6.07) is 22.3. The molecule has 1 aromatic heterocycles. The normalized spacial score (nSPS) is 11.5. The Morgan fingerprint density at radius 2 is 1.67 bits per heavy atom. The summed E-state index contributed by atoms with van der Waals surface area (Å²) >= 11 is 0. The Bertz CT molecular complexity index is 1080. The number of nitrogens with zero attached hydrogens (tertiary/aromatic N) is 2. The van der Waals surface area contributed by atoms with Crippen molar-refractivity contribution in [1.29, 1.82) is 0 Å². The quantitative estimate of drug-likeness (QED) is 0.321. The third-order valence-corrected chi connectivity index (χ3v) is 4.03. The average Bonchev–Trinajstić information content (AvgIpc) is 2.58. The van der Waals surface area contributed by atoms with Gasteiger partial charge in [0.25, 0.3) is 0 Å². The van der Waals surface area contributed by atoms with Crippen LogP contribution in [0.3, 0.4) is 0 Å². The zero-order valence-corrected chi connectivity index (χ0v) is 13.4. The van der Waals surface area contributed by atoms with Crippen molar-refractivity contribution in [3.8, 4) is 0 Å². The summed E-state index contributed by atoms with van der Waals surface area (Å²) in [7, 11) is 0. The predicted molar refractivity (Wildman–Crippen MR) is 102 cm³/mol. The van der Waals surface area contributed by atoms with Crippen molar-refractivity contribution in [2.75, 3.05) is 5.73 Å². The van der Waals surface area contributed by atoms with Crippen LogP contribution in [-0.4, -0.2) is 11.2 Å². The van der Waals surface area contributed by atoms with Crippen molar-refractivity contribution in [1.82, 2.24) is 4.98 Å². The van der Waals surface area contributed by atoms with Crippen LogP contribution >= 0.6 is 0 Å². The number of hydrogen-bond donors (Lipinski definition) is 1. The van der Waals surface area contributed by atoms with Crippen LogP contribution in [0.2, 0.25) is 0 Å². The number of pyridine rings is 1. The minimum absolute atomic E-state index is 0.725. The number of aryl methyl sites for hydroxylation is 1. The van der Waals surface area contributed by atoms with Crippen molar-refractivity contribution in [2.24, 2.45) is 4.99 Å². The van der Waals surface area contributed by atoms with Crippen LogP contribution in [0.4, 0.5) is 11.4 Å². The maximum absolute atomic E-state index is 5.86. The third-order valence-electron chi connectivity index (χ3n) is 4.03. The highest BCUT2D eigenvalue weighted by atomic mass is 14.7. The van der Waals surface area contributed by atoms with Gasteiger partial charge in [0, 0.05) is 22.7 Å². The molecule has 0 saturated heterocycles. The standard InChI is InChI=1S/C21H17N3/c1-14-3-2-4-15(9-14)13-23-19-8-6-17-10-16-5-7-18(22)11-20(16)24-21(17)12-19/h2-13H,22H2,1H3. The number of nitrogens with two attached hydrogens (primary N) is 1. The molecular formula is C21H17N3. The van der Waals surface area contributed by atoms with Gasteiger partial charge in [0.05, 0.1) is 16.7 Å². The molecule has 0 fully saturated rings. The fourth-order valence-corrected chi connectivity index (χ4v) is 2.81. The number of nitrogen functional groups attached to an aromatic ring is 1. The van der Waals surface area contributed by atoms with Gasteiger partial charge in [0.2, 0.25) is 0 Å². The van der Waals surface area contributed by atoms with Crippen LogP contribution in [0.15, 0.2) is 71.7 Å². The average molecular weight is 311 g/mol. The van der Waals surface area contributed by atoms with Crippen molar-refractivity contribution >= 4 is 39.4 Å². The highest BCUT2D eigenvalue weighted by molar-refractivity contribution is 5.95. The van der Waals surface area contributed by atoms with Gasteiger partial charge >= 0.3 is 0 Å². The molecule has 3 nitrogen and oxygen atoms in total. The van der Waals surface area contributed by atoms with E-state index in [0.29, 0.717) is 0 Å². The van der Waals surface area contributed by atoms with Gasteiger partial charge in [-0.3, -0.25) is 4.99 Å². The molecule has 0 aliphatic rings. The molecule has 4 aromatic rings. The fraction of sp³-hybridized carbons (Fsp3) is 0.0476. The summed E-state index contributed by atoms with van der Waals surface area (Å²) in [5.74, 6) is 0. The van der Waals surface area contributed by atoms with E-state index in [-0.39, 0.29) is 0 Å². The number of anilines is 1. The van der Waals surface area contributed by atoms with E-state index >= 15 is 0 Å². The Balaban J connectivity index is 1.75. The monoisotopic (exact) mass is 311 g/mol. The largest absolute Gasteiger partial charge is 0.399 e. The second-order valence-corrected chi connectivity index (χ2v) is 5.99. The van der Waals surface area contributed by atoms with Gasteiger partial charge in [-0.15, -0.1) is 0 Å². The summed E-state index contributed by atoms with van der Waals surface area (Å²) in [6.07, 6.45) is 1.88. The minimum atomic E-state index is 0.725. The zero-order chi connectivity index (χ0) is 16.5. The maximum Gasteiger partial charge on any atom is 0.0731 e. The first-order chi connectivity index (χ1) is 11.7. The Kier molecular flexibility index (Phi) is 3.47. The lowest BCUT2D eigenvalue weighted by atomic mass is 10.1. The summed E-state index contributed by atoms with van der Waals surface area (Å²) in [5.41, 5.74) is 11.6. The van der Waals surface area contributed by atoms with Crippen LogP contribution in [0.25, 0.3) is 21.8 Å². The molecule has 0 atom stereocenters. The lowest BCUT2D eigenvalue weighted by Gasteiger charge is -2.03. The smallest absolute Gasteiger partial charge is 0.0731 e. The highest BCUT2D eigenvalue weighted by Gasteiger charge is 2.01. The molecule has 0 spiro atoms. The first-order valence-corrected chi connectivity index (χ1v) is 7.88. The molecule has 0 amide bonds. The maximum atomic E-state index is 5.86.